The summed E-state index contributed by atoms with van der Waals surface area (Å²) < 4.78 is 0. The lowest BCUT2D eigenvalue weighted by atomic mass is 10.2. The van der Waals surface area contributed by atoms with E-state index in [2.05, 4.69) is 4.98 Å². The number of aromatic nitrogens is 1. The van der Waals surface area contributed by atoms with E-state index in [1.165, 1.54) is 6.08 Å². The summed E-state index contributed by atoms with van der Waals surface area (Å²) in [6.07, 6.45) is 4.86. The highest BCUT2D eigenvalue weighted by molar-refractivity contribution is 6.29. The van der Waals surface area contributed by atoms with E-state index in [-0.39, 0.29) is 5.91 Å². The van der Waals surface area contributed by atoms with Crippen molar-refractivity contribution in [1.82, 2.24) is 9.88 Å². The van der Waals surface area contributed by atoms with Crippen molar-refractivity contribution in [3.63, 3.8) is 0 Å². The molecule has 0 spiro atoms. The van der Waals surface area contributed by atoms with Gasteiger partial charge in [-0.3, -0.25) is 4.79 Å². The highest BCUT2D eigenvalue weighted by Crippen LogP contribution is 2.10. The summed E-state index contributed by atoms with van der Waals surface area (Å²) in [7, 11) is 0. The molecule has 0 saturated heterocycles. The van der Waals surface area contributed by atoms with Crippen LogP contribution in [0.5, 0.6) is 0 Å². The number of halogens is 1. The van der Waals surface area contributed by atoms with E-state index >= 15 is 0 Å². The van der Waals surface area contributed by atoms with Gasteiger partial charge in [-0.1, -0.05) is 54.9 Å². The first kappa shape index (κ1) is 18.2. The second kappa shape index (κ2) is 9.21. The van der Waals surface area contributed by atoms with Gasteiger partial charge in [0.1, 0.15) is 5.15 Å². The predicted octanol–water partition coefficient (Wildman–Crippen LogP) is 3.55. The summed E-state index contributed by atoms with van der Waals surface area (Å²) in [5.41, 5.74) is 1.82. The molecule has 1 aromatic heterocycles. The molecule has 2 rings (SSSR count). The lowest BCUT2D eigenvalue weighted by Crippen LogP contribution is -2.35. The van der Waals surface area contributed by atoms with Gasteiger partial charge in [-0.15, -0.1) is 0 Å². The zero-order valence-corrected chi connectivity index (χ0v) is 14.4. The summed E-state index contributed by atoms with van der Waals surface area (Å²) in [5.74, 6) is -0.152. The number of nitrogens with zero attached hydrogens (tertiary/aromatic N) is 2. The molecular weight excluding hydrogens is 324 g/mol. The Morgan fingerprint density at radius 3 is 2.67 bits per heavy atom. The Morgan fingerprint density at radius 2 is 2.04 bits per heavy atom. The summed E-state index contributed by atoms with van der Waals surface area (Å²) >= 11 is 5.75. The first-order chi connectivity index (χ1) is 11.6. The van der Waals surface area contributed by atoms with E-state index in [0.29, 0.717) is 24.7 Å². The minimum Gasteiger partial charge on any atom is -0.391 e. The molecule has 0 aliphatic rings. The van der Waals surface area contributed by atoms with Crippen LogP contribution in [0.25, 0.3) is 6.08 Å². The van der Waals surface area contributed by atoms with Gasteiger partial charge >= 0.3 is 0 Å². The topological polar surface area (TPSA) is 53.4 Å². The van der Waals surface area contributed by atoms with Gasteiger partial charge < -0.3 is 10.0 Å². The number of aliphatic hydroxyl groups excluding tert-OH is 1. The van der Waals surface area contributed by atoms with Crippen molar-refractivity contribution >= 4 is 23.6 Å². The molecule has 1 amide bonds. The van der Waals surface area contributed by atoms with Crippen molar-refractivity contribution in [1.29, 1.82) is 0 Å². The van der Waals surface area contributed by atoms with Crippen molar-refractivity contribution in [2.45, 2.75) is 26.0 Å². The van der Waals surface area contributed by atoms with Crippen LogP contribution in [0.15, 0.2) is 54.7 Å². The smallest absolute Gasteiger partial charge is 0.246 e. The van der Waals surface area contributed by atoms with Crippen LogP contribution in [-0.4, -0.2) is 33.5 Å². The lowest BCUT2D eigenvalue weighted by Gasteiger charge is -2.24. The molecule has 4 nitrogen and oxygen atoms in total. The summed E-state index contributed by atoms with van der Waals surface area (Å²) in [5, 5.41) is 10.3. The molecule has 1 unspecified atom stereocenters. The van der Waals surface area contributed by atoms with Gasteiger partial charge in [0.15, 0.2) is 0 Å². The van der Waals surface area contributed by atoms with Crippen LogP contribution >= 0.6 is 11.6 Å². The molecule has 1 aromatic carbocycles. The van der Waals surface area contributed by atoms with Crippen LogP contribution < -0.4 is 0 Å². The Labute approximate surface area is 147 Å². The van der Waals surface area contributed by atoms with Crippen molar-refractivity contribution in [2.75, 3.05) is 6.54 Å². The fraction of sp³-hybridized carbons (Fsp3) is 0.263. The molecular formula is C19H21ClN2O2. The van der Waals surface area contributed by atoms with Crippen LogP contribution in [-0.2, 0) is 11.3 Å². The van der Waals surface area contributed by atoms with Crippen LogP contribution in [0.1, 0.15) is 24.5 Å². The fourth-order valence-corrected chi connectivity index (χ4v) is 2.29. The van der Waals surface area contributed by atoms with Crippen LogP contribution in [0.4, 0.5) is 0 Å². The minimum absolute atomic E-state index is 0.152. The average Bonchev–Trinajstić information content (AvgIpc) is 2.61. The predicted molar refractivity (Wildman–Crippen MR) is 96.4 cm³/mol. The number of rotatable bonds is 7. The Kier molecular flexibility index (Phi) is 6.97. The van der Waals surface area contributed by atoms with Crippen LogP contribution in [0.2, 0.25) is 5.15 Å². The number of carbonyl (C=O) groups is 1. The zero-order valence-electron chi connectivity index (χ0n) is 13.6. The average molecular weight is 345 g/mol. The molecule has 1 atom stereocenters. The van der Waals surface area contributed by atoms with Gasteiger partial charge in [0.25, 0.3) is 0 Å². The molecule has 1 heterocycles. The van der Waals surface area contributed by atoms with E-state index in [4.69, 9.17) is 11.6 Å². The summed E-state index contributed by atoms with van der Waals surface area (Å²) in [4.78, 5) is 18.1. The molecule has 0 radical (unpaired) electrons. The third-order valence-corrected chi connectivity index (χ3v) is 3.82. The number of amides is 1. The van der Waals surface area contributed by atoms with E-state index in [1.54, 1.807) is 29.3 Å². The molecule has 1 N–H and O–H groups in total. The van der Waals surface area contributed by atoms with Crippen LogP contribution in [0.3, 0.4) is 0 Å². The SMILES string of the molecule is CCC(O)CN(Cc1ccccc1)C(=O)/C=C/c1ccc(Cl)nc1. The second-order valence-electron chi connectivity index (χ2n) is 5.51. The maximum atomic E-state index is 12.5. The van der Waals surface area contributed by atoms with E-state index in [1.807, 2.05) is 37.3 Å². The number of benzene rings is 1. The van der Waals surface area contributed by atoms with Crippen molar-refractivity contribution < 1.29 is 9.90 Å². The Balaban J connectivity index is 2.09. The second-order valence-corrected chi connectivity index (χ2v) is 5.90. The molecule has 0 aliphatic carbocycles. The zero-order chi connectivity index (χ0) is 17.4. The normalized spacial score (nSPS) is 12.3. The van der Waals surface area contributed by atoms with E-state index < -0.39 is 6.10 Å². The van der Waals surface area contributed by atoms with E-state index in [9.17, 15) is 9.90 Å². The number of hydrogen-bond acceptors (Lipinski definition) is 3. The molecule has 24 heavy (non-hydrogen) atoms. The molecule has 2 aromatic rings. The first-order valence-electron chi connectivity index (χ1n) is 7.89. The molecule has 0 fully saturated rings. The summed E-state index contributed by atoms with van der Waals surface area (Å²) in [6, 6.07) is 13.2. The lowest BCUT2D eigenvalue weighted by molar-refractivity contribution is -0.128. The first-order valence-corrected chi connectivity index (χ1v) is 8.27. The fourth-order valence-electron chi connectivity index (χ4n) is 2.18. The van der Waals surface area contributed by atoms with Gasteiger partial charge in [0.2, 0.25) is 5.91 Å². The van der Waals surface area contributed by atoms with E-state index in [0.717, 1.165) is 11.1 Å². The monoisotopic (exact) mass is 344 g/mol. The third kappa shape index (κ3) is 5.80. The number of carbonyl (C=O) groups excluding carboxylic acids is 1. The summed E-state index contributed by atoms with van der Waals surface area (Å²) in [6.45, 7) is 2.65. The number of pyridine rings is 1. The highest BCUT2D eigenvalue weighted by Gasteiger charge is 2.15. The molecule has 0 saturated carbocycles. The van der Waals surface area contributed by atoms with Crippen LogP contribution in [0, 0.1) is 0 Å². The maximum absolute atomic E-state index is 12.5. The Bertz CT molecular complexity index is 672. The van der Waals surface area contributed by atoms with Gasteiger partial charge in [-0.2, -0.15) is 0 Å². The number of hydrogen-bond donors (Lipinski definition) is 1. The minimum atomic E-state index is -0.539. The van der Waals surface area contributed by atoms with Crippen molar-refractivity contribution in [3.8, 4) is 0 Å². The molecule has 0 aliphatic heterocycles. The van der Waals surface area contributed by atoms with Crippen molar-refractivity contribution in [3.05, 3.63) is 71.0 Å². The van der Waals surface area contributed by atoms with Gasteiger partial charge in [-0.05, 0) is 29.7 Å². The van der Waals surface area contributed by atoms with Gasteiger partial charge in [0, 0.05) is 25.4 Å². The third-order valence-electron chi connectivity index (χ3n) is 3.60. The quantitative estimate of drug-likeness (QED) is 0.617. The largest absolute Gasteiger partial charge is 0.391 e. The van der Waals surface area contributed by atoms with Gasteiger partial charge in [0.05, 0.1) is 6.10 Å². The molecule has 0 bridgehead atoms. The Morgan fingerprint density at radius 1 is 1.29 bits per heavy atom. The Hall–Kier alpha value is -2.17. The molecule has 5 heteroatoms. The maximum Gasteiger partial charge on any atom is 0.246 e. The highest BCUT2D eigenvalue weighted by atomic mass is 35.5. The number of aliphatic hydroxyl groups is 1. The van der Waals surface area contributed by atoms with Gasteiger partial charge in [-0.25, -0.2) is 4.98 Å². The molecule has 126 valence electrons. The van der Waals surface area contributed by atoms with Crippen molar-refractivity contribution in [2.24, 2.45) is 0 Å². The standard InChI is InChI=1S/C19H21ClN2O2/c1-2-17(23)14-22(13-16-6-4-3-5-7-16)19(24)11-9-15-8-10-18(20)21-12-15/h3-12,17,23H,2,13-14H2,1H3/b11-9+.